The summed E-state index contributed by atoms with van der Waals surface area (Å²) in [5.74, 6) is 1.17. The summed E-state index contributed by atoms with van der Waals surface area (Å²) in [5, 5.41) is 15.4. The molecule has 2 atom stereocenters. The number of nitrogens with one attached hydrogen (secondary N) is 1. The molecule has 1 aromatic heterocycles. The quantitative estimate of drug-likeness (QED) is 0.694. The number of rotatable bonds is 6. The molecule has 1 unspecified atom stereocenters. The highest BCUT2D eigenvalue weighted by Gasteiger charge is 2.42. The Morgan fingerprint density at radius 3 is 2.56 bits per heavy atom. The number of piperazine rings is 1. The molecule has 1 fully saturated rings. The number of fused-ring (bicyclic) bond motifs is 1. The highest BCUT2D eigenvalue weighted by atomic mass is 35.5. The van der Waals surface area contributed by atoms with Crippen LogP contribution in [0.3, 0.4) is 0 Å². The number of anilines is 1. The molecular weight excluding hydrogens is 426 g/mol. The van der Waals surface area contributed by atoms with Crippen LogP contribution >= 0.6 is 11.6 Å². The molecule has 0 radical (unpaired) electrons. The van der Waals surface area contributed by atoms with E-state index in [1.54, 1.807) is 35.5 Å². The Labute approximate surface area is 194 Å². The van der Waals surface area contributed by atoms with Crippen LogP contribution in [0.25, 0.3) is 0 Å². The highest BCUT2D eigenvalue weighted by molar-refractivity contribution is 6.30. The topological polar surface area (TPSA) is 81.6 Å². The van der Waals surface area contributed by atoms with Gasteiger partial charge in [-0.1, -0.05) is 44.5 Å². The van der Waals surface area contributed by atoms with Gasteiger partial charge >= 0.3 is 0 Å². The maximum atomic E-state index is 13.6. The van der Waals surface area contributed by atoms with E-state index >= 15 is 0 Å². The minimum atomic E-state index is -1.65. The zero-order valence-corrected chi connectivity index (χ0v) is 19.8. The SMILES string of the molecule is CC(C)NCC(O)(C(=O)N1CCN(c2ncnc3c2[C@H](C)CC3)CC1)c1ccc(Cl)cc1. The molecule has 0 spiro atoms. The average Bonchev–Trinajstić information content (AvgIpc) is 3.18. The van der Waals surface area contributed by atoms with Crippen LogP contribution in [0, 0.1) is 0 Å². The second-order valence-corrected chi connectivity index (χ2v) is 9.62. The van der Waals surface area contributed by atoms with Crippen LogP contribution in [0.1, 0.15) is 49.9 Å². The van der Waals surface area contributed by atoms with E-state index in [0.717, 1.165) is 24.4 Å². The van der Waals surface area contributed by atoms with Gasteiger partial charge < -0.3 is 20.2 Å². The van der Waals surface area contributed by atoms with Gasteiger partial charge in [0.25, 0.3) is 5.91 Å². The van der Waals surface area contributed by atoms with Crippen molar-refractivity contribution in [1.82, 2.24) is 20.2 Å². The van der Waals surface area contributed by atoms with Gasteiger partial charge in [0, 0.05) is 55.0 Å². The number of aliphatic hydroxyl groups is 1. The molecule has 0 bridgehead atoms. The minimum Gasteiger partial charge on any atom is -0.374 e. The fourth-order valence-electron chi connectivity index (χ4n) is 4.64. The van der Waals surface area contributed by atoms with Gasteiger partial charge in [-0.25, -0.2) is 9.97 Å². The van der Waals surface area contributed by atoms with E-state index in [9.17, 15) is 9.90 Å². The molecule has 2 aromatic rings. The number of carbonyl (C=O) groups excluding carboxylic acids is 1. The summed E-state index contributed by atoms with van der Waals surface area (Å²) in [6, 6.07) is 7.01. The lowest BCUT2D eigenvalue weighted by atomic mass is 9.91. The number of hydrogen-bond donors (Lipinski definition) is 2. The third-order valence-electron chi connectivity index (χ3n) is 6.56. The van der Waals surface area contributed by atoms with Gasteiger partial charge in [0.15, 0.2) is 5.60 Å². The van der Waals surface area contributed by atoms with Gasteiger partial charge in [-0.3, -0.25) is 4.79 Å². The van der Waals surface area contributed by atoms with Crippen LogP contribution in [0.2, 0.25) is 5.02 Å². The molecule has 32 heavy (non-hydrogen) atoms. The first-order chi connectivity index (χ1) is 15.3. The van der Waals surface area contributed by atoms with Gasteiger partial charge in [0.2, 0.25) is 0 Å². The van der Waals surface area contributed by atoms with E-state index < -0.39 is 5.60 Å². The van der Waals surface area contributed by atoms with Crippen LogP contribution in [0.4, 0.5) is 5.82 Å². The van der Waals surface area contributed by atoms with Crippen molar-refractivity contribution in [1.29, 1.82) is 0 Å². The zero-order chi connectivity index (χ0) is 22.9. The Hall–Kier alpha value is -2.22. The molecule has 1 amide bonds. The molecule has 1 aliphatic carbocycles. The monoisotopic (exact) mass is 457 g/mol. The van der Waals surface area contributed by atoms with E-state index in [-0.39, 0.29) is 18.5 Å². The highest BCUT2D eigenvalue weighted by Crippen LogP contribution is 2.37. The molecule has 8 heteroatoms. The lowest BCUT2D eigenvalue weighted by Gasteiger charge is -2.40. The molecule has 2 aliphatic rings. The Balaban J connectivity index is 1.51. The number of nitrogens with zero attached hydrogens (tertiary/aromatic N) is 4. The predicted octanol–water partition coefficient (Wildman–Crippen LogP) is 2.71. The van der Waals surface area contributed by atoms with Crippen molar-refractivity contribution in [3.63, 3.8) is 0 Å². The summed E-state index contributed by atoms with van der Waals surface area (Å²) >= 11 is 6.03. The first-order valence-corrected chi connectivity index (χ1v) is 11.8. The second kappa shape index (κ2) is 9.33. The maximum Gasteiger partial charge on any atom is 0.260 e. The fraction of sp³-hybridized carbons (Fsp3) is 0.542. The normalized spacial score (nSPS) is 20.4. The van der Waals surface area contributed by atoms with Crippen LogP contribution in [-0.4, -0.2) is 64.6 Å². The maximum absolute atomic E-state index is 13.6. The Kier molecular flexibility index (Phi) is 6.70. The van der Waals surface area contributed by atoms with Gasteiger partial charge in [0.1, 0.15) is 12.1 Å². The molecule has 1 aliphatic heterocycles. The zero-order valence-electron chi connectivity index (χ0n) is 19.0. The standard InChI is InChI=1S/C24H32ClN5O2/c1-16(2)26-14-24(32,18-5-7-19(25)8-6-18)23(31)30-12-10-29(11-13-30)22-21-17(3)4-9-20(21)27-15-28-22/h5-8,15-17,26,32H,4,9-14H2,1-3H3/t17-,24?/m1/s1. The molecule has 4 rings (SSSR count). The average molecular weight is 458 g/mol. The summed E-state index contributed by atoms with van der Waals surface area (Å²) in [7, 11) is 0. The lowest BCUT2D eigenvalue weighted by molar-refractivity contribution is -0.152. The van der Waals surface area contributed by atoms with Gasteiger partial charge in [0.05, 0.1) is 0 Å². The van der Waals surface area contributed by atoms with E-state index in [1.807, 2.05) is 13.8 Å². The molecule has 2 N–H and O–H groups in total. The molecule has 1 aromatic carbocycles. The van der Waals surface area contributed by atoms with Crippen LogP contribution < -0.4 is 10.2 Å². The summed E-state index contributed by atoms with van der Waals surface area (Å²) < 4.78 is 0. The number of aryl methyl sites for hydroxylation is 1. The van der Waals surface area contributed by atoms with Crippen LogP contribution in [-0.2, 0) is 16.8 Å². The van der Waals surface area contributed by atoms with Gasteiger partial charge in [-0.05, 0) is 36.5 Å². The van der Waals surface area contributed by atoms with Crippen LogP contribution in [0.15, 0.2) is 30.6 Å². The molecule has 7 nitrogen and oxygen atoms in total. The van der Waals surface area contributed by atoms with Crippen molar-refractivity contribution in [2.24, 2.45) is 0 Å². The minimum absolute atomic E-state index is 0.139. The summed E-state index contributed by atoms with van der Waals surface area (Å²) in [6.45, 7) is 8.77. The van der Waals surface area contributed by atoms with Gasteiger partial charge in [-0.15, -0.1) is 0 Å². The number of amides is 1. The van der Waals surface area contributed by atoms with Crippen molar-refractivity contribution >= 4 is 23.3 Å². The third-order valence-corrected chi connectivity index (χ3v) is 6.81. The Morgan fingerprint density at radius 1 is 1.22 bits per heavy atom. The Morgan fingerprint density at radius 2 is 1.91 bits per heavy atom. The van der Waals surface area contributed by atoms with Crippen molar-refractivity contribution in [2.45, 2.75) is 51.2 Å². The van der Waals surface area contributed by atoms with E-state index in [4.69, 9.17) is 11.6 Å². The van der Waals surface area contributed by atoms with E-state index in [1.165, 1.54) is 5.56 Å². The molecule has 0 saturated carbocycles. The van der Waals surface area contributed by atoms with Gasteiger partial charge in [-0.2, -0.15) is 0 Å². The third kappa shape index (κ3) is 4.47. The summed E-state index contributed by atoms with van der Waals surface area (Å²) in [4.78, 5) is 26.6. The smallest absolute Gasteiger partial charge is 0.260 e. The summed E-state index contributed by atoms with van der Waals surface area (Å²) in [5.41, 5.74) is 1.30. The van der Waals surface area contributed by atoms with Crippen LogP contribution in [0.5, 0.6) is 0 Å². The number of halogens is 1. The predicted molar refractivity (Wildman–Crippen MR) is 126 cm³/mol. The second-order valence-electron chi connectivity index (χ2n) is 9.18. The number of hydrogen-bond acceptors (Lipinski definition) is 6. The molecule has 172 valence electrons. The Bertz CT molecular complexity index is 959. The van der Waals surface area contributed by atoms with Crippen molar-refractivity contribution in [3.05, 3.63) is 52.4 Å². The summed E-state index contributed by atoms with van der Waals surface area (Å²) in [6.07, 6.45) is 3.76. The van der Waals surface area contributed by atoms with Crippen molar-refractivity contribution in [3.8, 4) is 0 Å². The fourth-order valence-corrected chi connectivity index (χ4v) is 4.76. The number of benzene rings is 1. The molecule has 2 heterocycles. The molecule has 1 saturated heterocycles. The molecular formula is C24H32ClN5O2. The van der Waals surface area contributed by atoms with E-state index in [0.29, 0.717) is 42.7 Å². The lowest BCUT2D eigenvalue weighted by Crippen LogP contribution is -2.58. The largest absolute Gasteiger partial charge is 0.374 e. The first kappa shape index (κ1) is 23.0. The first-order valence-electron chi connectivity index (χ1n) is 11.4. The van der Waals surface area contributed by atoms with E-state index in [2.05, 4.69) is 27.1 Å². The number of aromatic nitrogens is 2. The van der Waals surface area contributed by atoms with Crippen molar-refractivity contribution in [2.75, 3.05) is 37.6 Å². The number of carbonyl (C=O) groups is 1. The van der Waals surface area contributed by atoms with Crippen molar-refractivity contribution < 1.29 is 9.90 Å².